The number of hydrogen-bond donors (Lipinski definition) is 0. The number of hydrogen-bond acceptors (Lipinski definition) is 3. The van der Waals surface area contributed by atoms with Gasteiger partial charge in [0.1, 0.15) is 0 Å². The van der Waals surface area contributed by atoms with Crippen LogP contribution >= 0.6 is 15.9 Å². The second kappa shape index (κ2) is 3.09. The molecule has 2 atom stereocenters. The van der Waals surface area contributed by atoms with E-state index >= 15 is 0 Å². The monoisotopic (exact) mass is 234 g/mol. The Hall–Kier alpha value is 0.0700. The van der Waals surface area contributed by atoms with Crippen molar-refractivity contribution >= 4 is 21.7 Å². The highest BCUT2D eigenvalue weighted by atomic mass is 79.9. The van der Waals surface area contributed by atoms with Crippen LogP contribution in [-0.4, -0.2) is 36.0 Å². The minimum absolute atomic E-state index is 0.115. The average Bonchev–Trinajstić information content (AvgIpc) is 2.42. The lowest BCUT2D eigenvalue weighted by Gasteiger charge is -2.28. The predicted molar refractivity (Wildman–Crippen MR) is 46.5 cm³/mol. The molecule has 4 heteroatoms. The Balaban J connectivity index is 2.15. The van der Waals surface area contributed by atoms with Crippen LogP contribution in [0, 0.1) is 0 Å². The molecule has 3 nitrogen and oxygen atoms in total. The molecule has 2 saturated heterocycles. The molecule has 2 aliphatic heterocycles. The van der Waals surface area contributed by atoms with Gasteiger partial charge in [-0.05, 0) is 6.42 Å². The van der Waals surface area contributed by atoms with Crippen molar-refractivity contribution in [3.8, 4) is 0 Å². The van der Waals surface area contributed by atoms with Gasteiger partial charge in [-0.3, -0.25) is 4.79 Å². The van der Waals surface area contributed by atoms with Crippen LogP contribution in [0.15, 0.2) is 0 Å². The zero-order chi connectivity index (χ0) is 8.60. The maximum absolute atomic E-state index is 11.5. The van der Waals surface area contributed by atoms with Crippen LogP contribution in [0.4, 0.5) is 0 Å². The molecule has 2 bridgehead atoms. The lowest BCUT2D eigenvalue weighted by molar-refractivity contribution is -0.142. The zero-order valence-corrected chi connectivity index (χ0v) is 8.30. The summed E-state index contributed by atoms with van der Waals surface area (Å²) in [6.07, 6.45) is 1.93. The van der Waals surface area contributed by atoms with E-state index in [-0.39, 0.29) is 11.9 Å². The summed E-state index contributed by atoms with van der Waals surface area (Å²) in [6, 6.07) is 0. The lowest BCUT2D eigenvalue weighted by atomic mass is 9.92. The fourth-order valence-electron chi connectivity index (χ4n) is 1.81. The third-order valence-electron chi connectivity index (χ3n) is 2.56. The maximum Gasteiger partial charge on any atom is 0.177 e. The Bertz CT molecular complexity index is 202. The Morgan fingerprint density at radius 2 is 2.50 bits per heavy atom. The van der Waals surface area contributed by atoms with Crippen LogP contribution in [0.5, 0.6) is 0 Å². The topological polar surface area (TPSA) is 35.5 Å². The molecule has 0 radical (unpaired) electrons. The van der Waals surface area contributed by atoms with Gasteiger partial charge in [-0.15, -0.1) is 0 Å². The number of carbonyl (C=O) groups excluding carboxylic acids is 1. The van der Waals surface area contributed by atoms with Gasteiger partial charge in [0.2, 0.25) is 0 Å². The fourth-order valence-corrected chi connectivity index (χ4v) is 2.32. The molecule has 0 N–H and O–H groups in total. The Morgan fingerprint density at radius 1 is 1.67 bits per heavy atom. The van der Waals surface area contributed by atoms with Crippen LogP contribution in [0.2, 0.25) is 0 Å². The number of alkyl halides is 1. The fraction of sp³-hybridized carbons (Fsp3) is 0.875. The number of fused-ring (bicyclic) bond motifs is 2. The molecule has 0 aromatic rings. The van der Waals surface area contributed by atoms with Crippen molar-refractivity contribution < 1.29 is 14.3 Å². The van der Waals surface area contributed by atoms with Crippen molar-refractivity contribution in [2.45, 2.75) is 24.5 Å². The first kappa shape index (κ1) is 8.66. The lowest BCUT2D eigenvalue weighted by Crippen LogP contribution is -2.45. The molecule has 0 aliphatic carbocycles. The van der Waals surface area contributed by atoms with Crippen LogP contribution in [0.25, 0.3) is 0 Å². The van der Waals surface area contributed by atoms with Gasteiger partial charge >= 0.3 is 0 Å². The number of ketones is 1. The second-order valence-corrected chi connectivity index (χ2v) is 3.89. The molecule has 0 amide bonds. The highest BCUT2D eigenvalue weighted by molar-refractivity contribution is 9.09. The summed E-state index contributed by atoms with van der Waals surface area (Å²) in [7, 11) is 0. The van der Waals surface area contributed by atoms with Gasteiger partial charge < -0.3 is 9.47 Å². The highest BCUT2D eigenvalue weighted by Crippen LogP contribution is 2.35. The van der Waals surface area contributed by atoms with Crippen molar-refractivity contribution in [1.82, 2.24) is 0 Å². The van der Waals surface area contributed by atoms with Gasteiger partial charge in [-0.25, -0.2) is 0 Å². The van der Waals surface area contributed by atoms with E-state index in [1.807, 2.05) is 0 Å². The van der Waals surface area contributed by atoms with Crippen molar-refractivity contribution in [1.29, 1.82) is 0 Å². The number of halogens is 1. The SMILES string of the molecule is O=C(CBr)C12COC(CCO1)C2. The Kier molecular flexibility index (Phi) is 2.23. The first-order valence-electron chi connectivity index (χ1n) is 4.12. The molecule has 0 aromatic heterocycles. The van der Waals surface area contributed by atoms with E-state index in [1.54, 1.807) is 0 Å². The molecule has 0 saturated carbocycles. The molecule has 2 aliphatic rings. The number of ether oxygens (including phenoxy) is 2. The Morgan fingerprint density at radius 3 is 3.25 bits per heavy atom. The van der Waals surface area contributed by atoms with E-state index in [0.717, 1.165) is 12.8 Å². The maximum atomic E-state index is 11.5. The second-order valence-electron chi connectivity index (χ2n) is 3.33. The molecule has 2 unspecified atom stereocenters. The normalized spacial score (nSPS) is 39.9. The largest absolute Gasteiger partial charge is 0.375 e. The van der Waals surface area contributed by atoms with Crippen molar-refractivity contribution in [2.75, 3.05) is 18.5 Å². The van der Waals surface area contributed by atoms with Crippen molar-refractivity contribution in [3.05, 3.63) is 0 Å². The molecule has 2 heterocycles. The molecule has 0 spiro atoms. The van der Waals surface area contributed by atoms with Gasteiger partial charge in [0.05, 0.1) is 24.6 Å². The first-order chi connectivity index (χ1) is 5.77. The number of Topliss-reactive ketones (excluding diaryl/α,β-unsaturated/α-hetero) is 1. The van der Waals surface area contributed by atoms with Crippen LogP contribution in [-0.2, 0) is 14.3 Å². The third kappa shape index (κ3) is 1.22. The van der Waals surface area contributed by atoms with Gasteiger partial charge in [0.15, 0.2) is 11.4 Å². The summed E-state index contributed by atoms with van der Waals surface area (Å²) in [5, 5.41) is 0.364. The summed E-state index contributed by atoms with van der Waals surface area (Å²) in [6.45, 7) is 1.10. The predicted octanol–water partition coefficient (Wildman–Crippen LogP) is 0.898. The average molecular weight is 235 g/mol. The van der Waals surface area contributed by atoms with E-state index < -0.39 is 5.60 Å². The van der Waals surface area contributed by atoms with E-state index in [1.165, 1.54) is 0 Å². The molecule has 0 aromatic carbocycles. The summed E-state index contributed by atoms with van der Waals surface area (Å²) in [5.74, 6) is 0.115. The highest BCUT2D eigenvalue weighted by Gasteiger charge is 2.49. The van der Waals surface area contributed by atoms with Crippen LogP contribution in [0.1, 0.15) is 12.8 Å². The van der Waals surface area contributed by atoms with Gasteiger partial charge in [-0.2, -0.15) is 0 Å². The summed E-state index contributed by atoms with van der Waals surface area (Å²) in [5.41, 5.74) is -0.605. The quantitative estimate of drug-likeness (QED) is 0.667. The minimum Gasteiger partial charge on any atom is -0.375 e. The third-order valence-corrected chi connectivity index (χ3v) is 3.07. The summed E-state index contributed by atoms with van der Waals surface area (Å²) < 4.78 is 10.9. The molecule has 2 rings (SSSR count). The smallest absolute Gasteiger partial charge is 0.177 e. The number of carbonyl (C=O) groups is 1. The summed E-state index contributed by atoms with van der Waals surface area (Å²) >= 11 is 3.16. The number of rotatable bonds is 2. The van der Waals surface area contributed by atoms with E-state index in [4.69, 9.17) is 9.47 Å². The van der Waals surface area contributed by atoms with E-state index in [9.17, 15) is 4.79 Å². The first-order valence-corrected chi connectivity index (χ1v) is 5.24. The standard InChI is InChI=1S/C8H11BrO3/c9-4-7(10)8-3-6(11-5-8)1-2-12-8/h6H,1-5H2. The molecular formula is C8H11BrO3. The minimum atomic E-state index is -0.605. The molecule has 12 heavy (non-hydrogen) atoms. The Labute approximate surface area is 79.5 Å². The van der Waals surface area contributed by atoms with E-state index in [0.29, 0.717) is 18.5 Å². The van der Waals surface area contributed by atoms with Crippen LogP contribution < -0.4 is 0 Å². The van der Waals surface area contributed by atoms with Crippen LogP contribution in [0.3, 0.4) is 0 Å². The van der Waals surface area contributed by atoms with Crippen molar-refractivity contribution in [2.24, 2.45) is 0 Å². The zero-order valence-electron chi connectivity index (χ0n) is 6.72. The van der Waals surface area contributed by atoms with Gasteiger partial charge in [0.25, 0.3) is 0 Å². The van der Waals surface area contributed by atoms with Gasteiger partial charge in [0, 0.05) is 6.42 Å². The van der Waals surface area contributed by atoms with Gasteiger partial charge in [-0.1, -0.05) is 15.9 Å². The van der Waals surface area contributed by atoms with Crippen molar-refractivity contribution in [3.63, 3.8) is 0 Å². The molecule has 2 fully saturated rings. The molecule has 68 valence electrons. The summed E-state index contributed by atoms with van der Waals surface area (Å²) in [4.78, 5) is 11.5. The molecular weight excluding hydrogens is 224 g/mol. The van der Waals surface area contributed by atoms with E-state index in [2.05, 4.69) is 15.9 Å².